The SMILES string of the molecule is Cc1cccc(S(C)(=O)=O)c1C1=NOCC1. The van der Waals surface area contributed by atoms with E-state index in [2.05, 4.69) is 5.16 Å². The molecule has 1 heterocycles. The number of benzene rings is 1. The molecule has 0 N–H and O–H groups in total. The second kappa shape index (κ2) is 3.90. The van der Waals surface area contributed by atoms with Crippen molar-refractivity contribution in [2.45, 2.75) is 18.2 Å². The fourth-order valence-corrected chi connectivity index (χ4v) is 2.78. The number of oxime groups is 1. The molecule has 86 valence electrons. The van der Waals surface area contributed by atoms with Gasteiger partial charge in [-0.15, -0.1) is 0 Å². The summed E-state index contributed by atoms with van der Waals surface area (Å²) in [7, 11) is -3.23. The standard InChI is InChI=1S/C11H13NO3S/c1-8-4-3-5-10(16(2,13)14)11(8)9-6-7-15-12-9/h3-5H,6-7H2,1-2H3. The van der Waals surface area contributed by atoms with Crippen LogP contribution in [-0.2, 0) is 14.7 Å². The molecule has 0 aliphatic carbocycles. The molecule has 0 spiro atoms. The topological polar surface area (TPSA) is 55.7 Å². The fraction of sp³-hybridized carbons (Fsp3) is 0.364. The maximum absolute atomic E-state index is 11.7. The van der Waals surface area contributed by atoms with Gasteiger partial charge in [-0.05, 0) is 18.6 Å². The van der Waals surface area contributed by atoms with Crippen molar-refractivity contribution in [2.75, 3.05) is 12.9 Å². The summed E-state index contributed by atoms with van der Waals surface area (Å²) in [6.45, 7) is 2.40. The molecule has 0 saturated carbocycles. The lowest BCUT2D eigenvalue weighted by molar-refractivity contribution is 0.174. The van der Waals surface area contributed by atoms with E-state index < -0.39 is 9.84 Å². The fourth-order valence-electron chi connectivity index (χ4n) is 1.80. The van der Waals surface area contributed by atoms with Crippen molar-refractivity contribution in [3.05, 3.63) is 29.3 Å². The van der Waals surface area contributed by atoms with E-state index in [0.29, 0.717) is 23.5 Å². The van der Waals surface area contributed by atoms with Gasteiger partial charge in [0.05, 0.1) is 10.6 Å². The van der Waals surface area contributed by atoms with Gasteiger partial charge in [0.15, 0.2) is 9.84 Å². The summed E-state index contributed by atoms with van der Waals surface area (Å²) in [4.78, 5) is 5.26. The van der Waals surface area contributed by atoms with Crippen LogP contribution in [0.3, 0.4) is 0 Å². The molecule has 0 atom stereocenters. The lowest BCUT2D eigenvalue weighted by Gasteiger charge is -2.09. The van der Waals surface area contributed by atoms with Crippen LogP contribution in [0.25, 0.3) is 0 Å². The summed E-state index contributed by atoms with van der Waals surface area (Å²) < 4.78 is 23.3. The molecule has 1 aliphatic rings. The predicted octanol–water partition coefficient (Wildman–Crippen LogP) is 1.52. The second-order valence-corrected chi connectivity index (χ2v) is 5.83. The quantitative estimate of drug-likeness (QED) is 0.786. The highest BCUT2D eigenvalue weighted by Crippen LogP contribution is 2.23. The van der Waals surface area contributed by atoms with Gasteiger partial charge < -0.3 is 4.84 Å². The lowest BCUT2D eigenvalue weighted by Crippen LogP contribution is -2.09. The van der Waals surface area contributed by atoms with E-state index in [1.54, 1.807) is 12.1 Å². The molecule has 1 aromatic rings. The number of sulfone groups is 1. The minimum absolute atomic E-state index is 0.330. The third-order valence-corrected chi connectivity index (χ3v) is 3.67. The van der Waals surface area contributed by atoms with Crippen LogP contribution in [0.5, 0.6) is 0 Å². The van der Waals surface area contributed by atoms with Crippen molar-refractivity contribution >= 4 is 15.5 Å². The molecule has 0 fully saturated rings. The van der Waals surface area contributed by atoms with Crippen LogP contribution in [0.2, 0.25) is 0 Å². The lowest BCUT2D eigenvalue weighted by atomic mass is 10.0. The Bertz CT molecular complexity index is 546. The molecule has 0 aromatic heterocycles. The monoisotopic (exact) mass is 239 g/mol. The average molecular weight is 239 g/mol. The van der Waals surface area contributed by atoms with Crippen molar-refractivity contribution < 1.29 is 13.3 Å². The van der Waals surface area contributed by atoms with Crippen molar-refractivity contribution in [1.82, 2.24) is 0 Å². The van der Waals surface area contributed by atoms with Gasteiger partial charge in [0.25, 0.3) is 0 Å². The molecular weight excluding hydrogens is 226 g/mol. The molecule has 5 heteroatoms. The van der Waals surface area contributed by atoms with Crippen molar-refractivity contribution in [3.63, 3.8) is 0 Å². The van der Waals surface area contributed by atoms with Crippen LogP contribution in [0, 0.1) is 6.92 Å². The number of aryl methyl sites for hydroxylation is 1. The average Bonchev–Trinajstić information content (AvgIpc) is 2.68. The van der Waals surface area contributed by atoms with Gasteiger partial charge in [-0.2, -0.15) is 0 Å². The predicted molar refractivity (Wildman–Crippen MR) is 61.4 cm³/mol. The highest BCUT2D eigenvalue weighted by atomic mass is 32.2. The number of hydrogen-bond acceptors (Lipinski definition) is 4. The number of nitrogens with zero attached hydrogens (tertiary/aromatic N) is 1. The molecule has 0 unspecified atom stereocenters. The molecule has 0 bridgehead atoms. The van der Waals surface area contributed by atoms with Crippen LogP contribution in [-0.4, -0.2) is 27.0 Å². The first-order valence-corrected chi connectivity index (χ1v) is 6.88. The van der Waals surface area contributed by atoms with E-state index >= 15 is 0 Å². The maximum atomic E-state index is 11.7. The molecule has 1 aromatic carbocycles. The Balaban J connectivity index is 2.67. The maximum Gasteiger partial charge on any atom is 0.176 e. The van der Waals surface area contributed by atoms with Gasteiger partial charge in [-0.3, -0.25) is 0 Å². The highest BCUT2D eigenvalue weighted by Gasteiger charge is 2.21. The van der Waals surface area contributed by atoms with Gasteiger partial charge >= 0.3 is 0 Å². The van der Waals surface area contributed by atoms with Crippen molar-refractivity contribution in [3.8, 4) is 0 Å². The molecule has 0 amide bonds. The largest absolute Gasteiger partial charge is 0.395 e. The minimum Gasteiger partial charge on any atom is -0.395 e. The summed E-state index contributed by atoms with van der Waals surface area (Å²) in [6.07, 6.45) is 1.87. The van der Waals surface area contributed by atoms with E-state index in [1.807, 2.05) is 13.0 Å². The summed E-state index contributed by atoms with van der Waals surface area (Å²) in [5.74, 6) is 0. The van der Waals surface area contributed by atoms with Gasteiger partial charge in [0.1, 0.15) is 6.61 Å². The Morgan fingerprint density at radius 3 is 2.69 bits per heavy atom. The van der Waals surface area contributed by atoms with E-state index in [9.17, 15) is 8.42 Å². The number of hydrogen-bond donors (Lipinski definition) is 0. The van der Waals surface area contributed by atoms with E-state index in [0.717, 1.165) is 11.3 Å². The summed E-state index contributed by atoms with van der Waals surface area (Å²) in [5, 5.41) is 3.89. The van der Waals surface area contributed by atoms with Crippen LogP contribution in [0.1, 0.15) is 17.5 Å². The summed E-state index contributed by atoms with van der Waals surface area (Å²) >= 11 is 0. The van der Waals surface area contributed by atoms with Crippen molar-refractivity contribution in [2.24, 2.45) is 5.16 Å². The Kier molecular flexibility index (Phi) is 2.71. The minimum atomic E-state index is -3.23. The third kappa shape index (κ3) is 1.95. The van der Waals surface area contributed by atoms with Crippen molar-refractivity contribution in [1.29, 1.82) is 0 Å². The number of rotatable bonds is 2. The van der Waals surface area contributed by atoms with Crippen LogP contribution < -0.4 is 0 Å². The zero-order valence-corrected chi connectivity index (χ0v) is 10.0. The zero-order valence-electron chi connectivity index (χ0n) is 9.23. The molecule has 16 heavy (non-hydrogen) atoms. The smallest absolute Gasteiger partial charge is 0.176 e. The Hall–Kier alpha value is -1.36. The van der Waals surface area contributed by atoms with E-state index in [1.165, 1.54) is 6.26 Å². The summed E-state index contributed by atoms with van der Waals surface area (Å²) in [5.41, 5.74) is 2.33. The first-order valence-electron chi connectivity index (χ1n) is 4.99. The molecular formula is C11H13NO3S. The second-order valence-electron chi connectivity index (χ2n) is 3.84. The Morgan fingerprint density at radius 1 is 1.38 bits per heavy atom. The summed E-state index contributed by atoms with van der Waals surface area (Å²) in [6, 6.07) is 5.23. The van der Waals surface area contributed by atoms with Gasteiger partial charge in [-0.1, -0.05) is 17.3 Å². The molecule has 4 nitrogen and oxygen atoms in total. The van der Waals surface area contributed by atoms with E-state index in [-0.39, 0.29) is 0 Å². The Morgan fingerprint density at radius 2 is 2.12 bits per heavy atom. The van der Waals surface area contributed by atoms with Crippen LogP contribution in [0.15, 0.2) is 28.3 Å². The Labute approximate surface area is 94.8 Å². The molecule has 0 radical (unpaired) electrons. The molecule has 2 rings (SSSR count). The first-order chi connectivity index (χ1) is 7.50. The highest BCUT2D eigenvalue weighted by molar-refractivity contribution is 7.90. The van der Waals surface area contributed by atoms with Crippen LogP contribution >= 0.6 is 0 Å². The third-order valence-electron chi connectivity index (χ3n) is 2.53. The van der Waals surface area contributed by atoms with Gasteiger partial charge in [0, 0.05) is 18.2 Å². The first kappa shape index (κ1) is 11.1. The van der Waals surface area contributed by atoms with Gasteiger partial charge in [0.2, 0.25) is 0 Å². The normalized spacial score (nSPS) is 15.8. The van der Waals surface area contributed by atoms with Crippen LogP contribution in [0.4, 0.5) is 0 Å². The molecule has 0 saturated heterocycles. The zero-order chi connectivity index (χ0) is 11.8. The van der Waals surface area contributed by atoms with E-state index in [4.69, 9.17) is 4.84 Å². The van der Waals surface area contributed by atoms with Gasteiger partial charge in [-0.25, -0.2) is 8.42 Å². The molecule has 1 aliphatic heterocycles.